The van der Waals surface area contributed by atoms with Crippen LogP contribution in [0, 0.1) is 5.82 Å². The lowest BCUT2D eigenvalue weighted by Crippen LogP contribution is -2.43. The molecular formula is C18H22ClFN4O2. The molecule has 2 heterocycles. The Balaban J connectivity index is 0.00000243. The van der Waals surface area contributed by atoms with Gasteiger partial charge in [-0.15, -0.1) is 12.4 Å². The normalized spacial score (nSPS) is 16.2. The molecule has 0 radical (unpaired) electrons. The Morgan fingerprint density at radius 3 is 2.65 bits per heavy atom. The SMILES string of the molecule is CCCN(C(=O)c1ccc(=O)n(-c2ccc(F)cc2)n1)C1CCNC1.Cl. The first-order valence-corrected chi connectivity index (χ1v) is 8.48. The van der Waals surface area contributed by atoms with Crippen molar-refractivity contribution in [2.75, 3.05) is 19.6 Å². The smallest absolute Gasteiger partial charge is 0.274 e. The third-order valence-electron chi connectivity index (χ3n) is 4.29. The lowest BCUT2D eigenvalue weighted by molar-refractivity contribution is 0.0684. The summed E-state index contributed by atoms with van der Waals surface area (Å²) in [6, 6.07) is 8.35. The van der Waals surface area contributed by atoms with Crippen molar-refractivity contribution in [2.45, 2.75) is 25.8 Å². The van der Waals surface area contributed by atoms with Gasteiger partial charge < -0.3 is 10.2 Å². The minimum atomic E-state index is -0.396. The maximum atomic E-state index is 13.1. The summed E-state index contributed by atoms with van der Waals surface area (Å²) >= 11 is 0. The largest absolute Gasteiger partial charge is 0.333 e. The predicted octanol–water partition coefficient (Wildman–Crippen LogP) is 2.01. The standard InChI is InChI=1S/C18H21FN4O2.ClH/c1-2-11-22(15-9-10-20-12-15)18(25)16-7-8-17(24)23(21-16)14-5-3-13(19)4-6-14;/h3-8,15,20H,2,9-12H2,1H3;1H. The predicted molar refractivity (Wildman–Crippen MR) is 99.6 cm³/mol. The van der Waals surface area contributed by atoms with Crippen LogP contribution in [0.1, 0.15) is 30.3 Å². The van der Waals surface area contributed by atoms with Crippen LogP contribution in [0.25, 0.3) is 5.69 Å². The second-order valence-electron chi connectivity index (χ2n) is 6.09. The molecule has 0 spiro atoms. The van der Waals surface area contributed by atoms with Gasteiger partial charge in [0.05, 0.1) is 5.69 Å². The number of rotatable bonds is 5. The van der Waals surface area contributed by atoms with Crippen molar-refractivity contribution < 1.29 is 9.18 Å². The maximum absolute atomic E-state index is 13.1. The fourth-order valence-electron chi connectivity index (χ4n) is 3.04. The zero-order chi connectivity index (χ0) is 17.8. The molecule has 1 N–H and O–H groups in total. The van der Waals surface area contributed by atoms with E-state index in [2.05, 4.69) is 10.4 Å². The van der Waals surface area contributed by atoms with Crippen molar-refractivity contribution in [3.05, 3.63) is 58.3 Å². The van der Waals surface area contributed by atoms with E-state index in [4.69, 9.17) is 0 Å². The van der Waals surface area contributed by atoms with E-state index in [0.29, 0.717) is 12.2 Å². The molecule has 1 aromatic carbocycles. The highest BCUT2D eigenvalue weighted by molar-refractivity contribution is 5.92. The number of benzene rings is 1. The third-order valence-corrected chi connectivity index (χ3v) is 4.29. The molecule has 140 valence electrons. The molecule has 3 rings (SSSR count). The van der Waals surface area contributed by atoms with Crippen LogP contribution in [-0.2, 0) is 0 Å². The molecule has 0 saturated carbocycles. The van der Waals surface area contributed by atoms with Gasteiger partial charge in [0.15, 0.2) is 0 Å². The number of hydrogen-bond donors (Lipinski definition) is 1. The van der Waals surface area contributed by atoms with Gasteiger partial charge in [0.1, 0.15) is 11.5 Å². The zero-order valence-corrected chi connectivity index (χ0v) is 15.3. The maximum Gasteiger partial charge on any atom is 0.274 e. The molecule has 6 nitrogen and oxygen atoms in total. The van der Waals surface area contributed by atoms with Gasteiger partial charge in [-0.05, 0) is 49.7 Å². The van der Waals surface area contributed by atoms with Crippen molar-refractivity contribution in [1.82, 2.24) is 20.0 Å². The van der Waals surface area contributed by atoms with Gasteiger partial charge >= 0.3 is 0 Å². The van der Waals surface area contributed by atoms with Gasteiger partial charge in [0.25, 0.3) is 11.5 Å². The molecule has 0 bridgehead atoms. The highest BCUT2D eigenvalue weighted by Gasteiger charge is 2.27. The van der Waals surface area contributed by atoms with Crippen LogP contribution in [0.4, 0.5) is 4.39 Å². The van der Waals surface area contributed by atoms with E-state index < -0.39 is 5.82 Å². The number of amides is 1. The van der Waals surface area contributed by atoms with Gasteiger partial charge in [-0.3, -0.25) is 9.59 Å². The monoisotopic (exact) mass is 380 g/mol. The van der Waals surface area contributed by atoms with Crippen molar-refractivity contribution in [3.63, 3.8) is 0 Å². The summed E-state index contributed by atoms with van der Waals surface area (Å²) in [5.74, 6) is -0.585. The number of hydrogen-bond acceptors (Lipinski definition) is 4. The first kappa shape index (κ1) is 20.1. The van der Waals surface area contributed by atoms with Gasteiger partial charge in [-0.25, -0.2) is 4.39 Å². The molecule has 1 aliphatic rings. The highest BCUT2D eigenvalue weighted by atomic mass is 35.5. The van der Waals surface area contributed by atoms with E-state index >= 15 is 0 Å². The third kappa shape index (κ3) is 4.28. The quantitative estimate of drug-likeness (QED) is 0.861. The molecule has 0 aliphatic carbocycles. The molecule has 26 heavy (non-hydrogen) atoms. The molecule has 1 amide bonds. The molecule has 1 aliphatic heterocycles. The molecule has 8 heteroatoms. The van der Waals surface area contributed by atoms with E-state index in [1.165, 1.54) is 36.4 Å². The lowest BCUT2D eigenvalue weighted by atomic mass is 10.2. The summed E-state index contributed by atoms with van der Waals surface area (Å²) < 4.78 is 14.2. The second-order valence-corrected chi connectivity index (χ2v) is 6.09. The number of nitrogens with one attached hydrogen (secondary N) is 1. The summed E-state index contributed by atoms with van der Waals surface area (Å²) in [6.45, 7) is 4.32. The summed E-state index contributed by atoms with van der Waals surface area (Å²) in [5.41, 5.74) is 0.266. The molecule has 1 aromatic heterocycles. The van der Waals surface area contributed by atoms with E-state index in [1.54, 1.807) is 0 Å². The molecule has 1 saturated heterocycles. The number of carbonyl (C=O) groups excluding carboxylic acids is 1. The fraction of sp³-hybridized carbons (Fsp3) is 0.389. The Kier molecular flexibility index (Phi) is 6.88. The summed E-state index contributed by atoms with van der Waals surface area (Å²) in [4.78, 5) is 26.9. The van der Waals surface area contributed by atoms with Crippen molar-refractivity contribution in [2.24, 2.45) is 0 Å². The van der Waals surface area contributed by atoms with Crippen LogP contribution in [-0.4, -0.2) is 46.3 Å². The van der Waals surface area contributed by atoms with Crippen LogP contribution in [0.3, 0.4) is 0 Å². The molecular weight excluding hydrogens is 359 g/mol. The Morgan fingerprint density at radius 2 is 2.04 bits per heavy atom. The number of aromatic nitrogens is 2. The van der Waals surface area contributed by atoms with Crippen LogP contribution < -0.4 is 10.9 Å². The van der Waals surface area contributed by atoms with E-state index in [1.807, 2.05) is 11.8 Å². The summed E-state index contributed by atoms with van der Waals surface area (Å²) in [7, 11) is 0. The van der Waals surface area contributed by atoms with Crippen LogP contribution in [0.5, 0.6) is 0 Å². The Bertz CT molecular complexity index is 804. The number of nitrogens with zero attached hydrogens (tertiary/aromatic N) is 3. The minimum absolute atomic E-state index is 0. The van der Waals surface area contributed by atoms with Gasteiger partial charge in [-0.1, -0.05) is 6.92 Å². The Hall–Kier alpha value is -2.25. The van der Waals surface area contributed by atoms with Crippen molar-refractivity contribution in [3.8, 4) is 5.69 Å². The number of halogens is 2. The van der Waals surface area contributed by atoms with Gasteiger partial charge in [0, 0.05) is 25.2 Å². The van der Waals surface area contributed by atoms with Gasteiger partial charge in [-0.2, -0.15) is 9.78 Å². The summed E-state index contributed by atoms with van der Waals surface area (Å²) in [6.07, 6.45) is 1.75. The second kappa shape index (κ2) is 8.91. The highest BCUT2D eigenvalue weighted by Crippen LogP contribution is 2.13. The zero-order valence-electron chi connectivity index (χ0n) is 14.5. The van der Waals surface area contributed by atoms with Gasteiger partial charge in [0.2, 0.25) is 0 Å². The summed E-state index contributed by atoms with van der Waals surface area (Å²) in [5, 5.41) is 7.48. The van der Waals surface area contributed by atoms with Crippen LogP contribution in [0.15, 0.2) is 41.2 Å². The van der Waals surface area contributed by atoms with Crippen molar-refractivity contribution in [1.29, 1.82) is 0 Å². The fourth-order valence-corrected chi connectivity index (χ4v) is 3.04. The average molecular weight is 381 g/mol. The molecule has 1 unspecified atom stereocenters. The van der Waals surface area contributed by atoms with E-state index in [9.17, 15) is 14.0 Å². The first-order chi connectivity index (χ1) is 12.1. The lowest BCUT2D eigenvalue weighted by Gasteiger charge is -2.28. The van der Waals surface area contributed by atoms with E-state index in [-0.39, 0.29) is 35.6 Å². The molecule has 2 aromatic rings. The van der Waals surface area contributed by atoms with Crippen molar-refractivity contribution >= 4 is 18.3 Å². The topological polar surface area (TPSA) is 67.2 Å². The molecule has 1 fully saturated rings. The average Bonchev–Trinajstić information content (AvgIpc) is 3.15. The Labute approximate surface area is 157 Å². The first-order valence-electron chi connectivity index (χ1n) is 8.48. The van der Waals surface area contributed by atoms with Crippen LogP contribution >= 0.6 is 12.4 Å². The Morgan fingerprint density at radius 1 is 1.31 bits per heavy atom. The van der Waals surface area contributed by atoms with E-state index in [0.717, 1.165) is 30.6 Å². The number of carbonyl (C=O) groups is 1. The van der Waals surface area contributed by atoms with Crippen LogP contribution in [0.2, 0.25) is 0 Å². The minimum Gasteiger partial charge on any atom is -0.333 e. The molecule has 1 atom stereocenters.